The summed E-state index contributed by atoms with van der Waals surface area (Å²) in [6.45, 7) is 6.00. The van der Waals surface area contributed by atoms with Crippen molar-refractivity contribution >= 4 is 43.1 Å². The minimum absolute atomic E-state index is 2.22. The van der Waals surface area contributed by atoms with Crippen molar-refractivity contribution in [3.8, 4) is 0 Å². The molecule has 0 unspecified atom stereocenters. The van der Waals surface area contributed by atoms with Crippen LogP contribution in [0.3, 0.4) is 0 Å². The molecular weight excluding hydrogens is 249 g/mol. The maximum atomic E-state index is 5.02. The van der Waals surface area contributed by atoms with Gasteiger partial charge in [0.05, 0.1) is 0 Å². The molecule has 0 fully saturated rings. The van der Waals surface area contributed by atoms with Gasteiger partial charge in [0.15, 0.2) is 0 Å². The van der Waals surface area contributed by atoms with Crippen LogP contribution in [0.2, 0.25) is 0 Å². The molecule has 0 aromatic rings. The van der Waals surface area contributed by atoms with Gasteiger partial charge >= 0.3 is 43.1 Å². The minimum atomic E-state index is -2.22. The molecule has 0 aliphatic carbocycles. The van der Waals surface area contributed by atoms with Crippen molar-refractivity contribution in [2.75, 3.05) is 0 Å². The van der Waals surface area contributed by atoms with Gasteiger partial charge in [0.1, 0.15) is 0 Å². The summed E-state index contributed by atoms with van der Waals surface area (Å²) in [5.74, 6) is 0. The molecule has 0 aliphatic heterocycles. The zero-order valence-corrected chi connectivity index (χ0v) is 8.69. The van der Waals surface area contributed by atoms with E-state index in [1.807, 2.05) is 0 Å². The Balaban J connectivity index is 0. The van der Waals surface area contributed by atoms with E-state index in [1.54, 1.807) is 0 Å². The summed E-state index contributed by atoms with van der Waals surface area (Å²) in [5.41, 5.74) is 0. The molecule has 0 rings (SSSR count). The van der Waals surface area contributed by atoms with E-state index in [9.17, 15) is 0 Å². The van der Waals surface area contributed by atoms with Gasteiger partial charge < -0.3 is 0 Å². The Bertz CT molecular complexity index is 20.0. The summed E-state index contributed by atoms with van der Waals surface area (Å²) in [6, 6.07) is 0. The number of hydrogen-bond acceptors (Lipinski definition) is 0. The summed E-state index contributed by atoms with van der Waals surface area (Å²) in [7, 11) is 15.0. The second kappa shape index (κ2) is 9.65. The van der Waals surface area contributed by atoms with Crippen LogP contribution < -0.4 is 0 Å². The zero-order valence-electron chi connectivity index (χ0n) is 3.13. The second-order valence-electron chi connectivity index (χ2n) is 0.247. The van der Waals surface area contributed by atoms with E-state index in [1.165, 1.54) is 0 Å². The maximum absolute atomic E-state index is 5.02. The van der Waals surface area contributed by atoms with Gasteiger partial charge in [0.2, 0.25) is 0 Å². The van der Waals surface area contributed by atoms with Crippen molar-refractivity contribution in [2.45, 2.75) is 0 Å². The zero-order chi connectivity index (χ0) is 5.58. The van der Waals surface area contributed by atoms with Gasteiger partial charge in [-0.15, -0.1) is 13.2 Å². The molecule has 0 nitrogen and oxygen atoms in total. The molecule has 0 heterocycles. The molecule has 6 heavy (non-hydrogen) atoms. The fraction of sp³-hybridized carbons (Fsp3) is 0. The van der Waals surface area contributed by atoms with E-state index < -0.39 is 16.4 Å². The summed E-state index contributed by atoms with van der Waals surface area (Å²) >= 11 is -2.22. The molecule has 0 aromatic heterocycles. The summed E-state index contributed by atoms with van der Waals surface area (Å²) < 4.78 is 0. The van der Waals surface area contributed by atoms with Crippen molar-refractivity contribution < 1.29 is 0 Å². The topological polar surface area (TPSA) is 0 Å². The van der Waals surface area contributed by atoms with Gasteiger partial charge in [-0.25, -0.2) is 0 Å². The van der Waals surface area contributed by atoms with E-state index >= 15 is 0 Å². The average Bonchev–Trinajstić information content (AvgIpc) is 1.41. The number of halogens is 3. The number of rotatable bonds is 0. The third-order valence-corrected chi connectivity index (χ3v) is 0. The van der Waals surface area contributed by atoms with Crippen LogP contribution >= 0.6 is 26.8 Å². The molecule has 0 saturated heterocycles. The third kappa shape index (κ3) is 53.0. The van der Waals surface area contributed by atoms with Crippen LogP contribution in [0.1, 0.15) is 0 Å². The molecule has 0 aromatic carbocycles. The first-order valence-corrected chi connectivity index (χ1v) is 13.7. The Morgan fingerprint density at radius 2 is 1.00 bits per heavy atom. The molecule has 0 spiro atoms. The van der Waals surface area contributed by atoms with Crippen LogP contribution in [-0.4, -0.2) is 16.4 Å². The Hall–Kier alpha value is 1.41. The summed E-state index contributed by atoms with van der Waals surface area (Å²) in [4.78, 5) is 0. The van der Waals surface area contributed by atoms with Gasteiger partial charge in [-0.1, -0.05) is 0 Å². The van der Waals surface area contributed by atoms with Crippen molar-refractivity contribution in [1.82, 2.24) is 0 Å². The van der Waals surface area contributed by atoms with E-state index in [2.05, 4.69) is 13.2 Å². The first-order valence-electron chi connectivity index (χ1n) is 1.15. The van der Waals surface area contributed by atoms with Crippen molar-refractivity contribution in [1.29, 1.82) is 0 Å². The fourth-order valence-electron chi connectivity index (χ4n) is 0. The molecule has 0 saturated carbocycles. The van der Waals surface area contributed by atoms with E-state index in [4.69, 9.17) is 26.8 Å². The predicted octanol–water partition coefficient (Wildman–Crippen LogP) is 2.22. The Morgan fingerprint density at radius 3 is 1.00 bits per heavy atom. The van der Waals surface area contributed by atoms with Gasteiger partial charge in [-0.3, -0.25) is 0 Å². The molecule has 0 amide bonds. The Morgan fingerprint density at radius 1 is 1.00 bits per heavy atom. The first-order chi connectivity index (χ1) is 2.73. The van der Waals surface area contributed by atoms with Crippen LogP contribution in [0, 0.1) is 0 Å². The molecule has 0 atom stereocenters. The van der Waals surface area contributed by atoms with Crippen LogP contribution in [0.5, 0.6) is 0 Å². The van der Waals surface area contributed by atoms with Crippen molar-refractivity contribution in [3.05, 3.63) is 13.2 Å². The Kier molecular flexibility index (Phi) is 16.7. The monoisotopic (exact) mass is 254 g/mol. The molecular formula is C2H5Cl3Sn. The van der Waals surface area contributed by atoms with E-state index in [0.717, 1.165) is 0 Å². The van der Waals surface area contributed by atoms with Gasteiger partial charge in [-0.05, 0) is 0 Å². The van der Waals surface area contributed by atoms with Crippen LogP contribution in [0.25, 0.3) is 0 Å². The normalized spacial score (nSPS) is 6.67. The van der Waals surface area contributed by atoms with E-state index in [0.29, 0.717) is 0 Å². The molecule has 0 aliphatic rings. The van der Waals surface area contributed by atoms with Crippen LogP contribution in [0.4, 0.5) is 0 Å². The van der Waals surface area contributed by atoms with Crippen LogP contribution in [0.15, 0.2) is 13.2 Å². The SMILES string of the molecule is C=C.[Cl][SnH]([Cl])[Cl]. The Labute approximate surface area is 56.0 Å². The molecule has 0 N–H and O–H groups in total. The summed E-state index contributed by atoms with van der Waals surface area (Å²) in [6.07, 6.45) is 0. The van der Waals surface area contributed by atoms with E-state index in [-0.39, 0.29) is 0 Å². The van der Waals surface area contributed by atoms with Crippen molar-refractivity contribution in [2.24, 2.45) is 0 Å². The van der Waals surface area contributed by atoms with Crippen LogP contribution in [-0.2, 0) is 0 Å². The van der Waals surface area contributed by atoms with Gasteiger partial charge in [0, 0.05) is 0 Å². The summed E-state index contributed by atoms with van der Waals surface area (Å²) in [5, 5.41) is 0. The quantitative estimate of drug-likeness (QED) is 0.459. The molecule has 0 bridgehead atoms. The second-order valence-corrected chi connectivity index (χ2v) is 14.9. The predicted molar refractivity (Wildman–Crippen MR) is 36.0 cm³/mol. The standard InChI is InChI=1S/C2H4.3ClH.Sn.H/c1-2;;;;;/h1-2H2;3*1H;;/q;;;;+3;/p-3. The third-order valence-electron chi connectivity index (χ3n) is 0. The molecule has 38 valence electrons. The van der Waals surface area contributed by atoms with Crippen molar-refractivity contribution in [3.63, 3.8) is 0 Å². The van der Waals surface area contributed by atoms with Gasteiger partial charge in [-0.2, -0.15) is 0 Å². The fourth-order valence-corrected chi connectivity index (χ4v) is 0. The molecule has 4 heteroatoms. The average molecular weight is 254 g/mol. The van der Waals surface area contributed by atoms with Gasteiger partial charge in [0.25, 0.3) is 0 Å². The number of hydrogen-bond donors (Lipinski definition) is 0. The first kappa shape index (κ1) is 10.4. The molecule has 0 radical (unpaired) electrons.